The highest BCUT2D eigenvalue weighted by Crippen LogP contribution is 2.27. The zero-order valence-electron chi connectivity index (χ0n) is 8.01. The first-order valence-electron chi connectivity index (χ1n) is 4.45. The maximum Gasteiger partial charge on any atom is 0.133 e. The van der Waals surface area contributed by atoms with Crippen molar-refractivity contribution < 1.29 is 9.47 Å². The molecule has 1 rings (SSSR count). The fraction of sp³-hybridized carbons (Fsp3) is 0.400. The third kappa shape index (κ3) is 5.20. The molecule has 0 aliphatic carbocycles. The molecule has 2 nitrogen and oxygen atoms in total. The van der Waals surface area contributed by atoms with Crippen LogP contribution in [0, 0.1) is 0 Å². The van der Waals surface area contributed by atoms with E-state index in [2.05, 4.69) is 31.9 Å². The summed E-state index contributed by atoms with van der Waals surface area (Å²) in [5.74, 6) is 1.33. The van der Waals surface area contributed by atoms with Crippen LogP contribution in [0.2, 0.25) is 0 Å². The second-order valence-electron chi connectivity index (χ2n) is 2.72. The fourth-order valence-electron chi connectivity index (χ4n) is 0.959. The van der Waals surface area contributed by atoms with Crippen molar-refractivity contribution in [3.63, 3.8) is 0 Å². The first-order valence-corrected chi connectivity index (χ1v) is 6.57. The number of hydrogen-bond acceptors (Lipinski definition) is 2. The first kappa shape index (κ1) is 13.3. The van der Waals surface area contributed by atoms with E-state index in [-0.39, 0.29) is 0 Å². The molecule has 0 aliphatic heterocycles. The number of alkyl halides is 1. The van der Waals surface area contributed by atoms with Gasteiger partial charge in [-0.05, 0) is 34.1 Å². The average Bonchev–Trinajstić information content (AvgIpc) is 2.20. The Hall–Kier alpha value is 0.230. The average molecular weight is 358 g/mol. The highest BCUT2D eigenvalue weighted by molar-refractivity contribution is 9.11. The Kier molecular flexibility index (Phi) is 6.64. The summed E-state index contributed by atoms with van der Waals surface area (Å²) in [7, 11) is 0. The summed E-state index contributed by atoms with van der Waals surface area (Å²) in [6.07, 6.45) is 0. The van der Waals surface area contributed by atoms with Gasteiger partial charge in [0.2, 0.25) is 0 Å². The highest BCUT2D eigenvalue weighted by atomic mass is 79.9. The van der Waals surface area contributed by atoms with Gasteiger partial charge in [-0.25, -0.2) is 0 Å². The molecule has 15 heavy (non-hydrogen) atoms. The third-order valence-corrected chi connectivity index (χ3v) is 2.87. The highest BCUT2D eigenvalue weighted by Gasteiger charge is 2.00. The van der Waals surface area contributed by atoms with Crippen molar-refractivity contribution in [1.82, 2.24) is 0 Å². The lowest BCUT2D eigenvalue weighted by molar-refractivity contribution is 0.111. The van der Waals surface area contributed by atoms with Crippen LogP contribution in [0.5, 0.6) is 5.75 Å². The molecule has 0 unspecified atom stereocenters. The van der Waals surface area contributed by atoms with Crippen LogP contribution in [0.4, 0.5) is 0 Å². The minimum absolute atomic E-state index is 0.516. The Morgan fingerprint density at radius 3 is 2.60 bits per heavy atom. The third-order valence-electron chi connectivity index (χ3n) is 1.60. The quantitative estimate of drug-likeness (QED) is 0.568. The molecule has 0 N–H and O–H groups in total. The van der Waals surface area contributed by atoms with Gasteiger partial charge in [0.1, 0.15) is 12.4 Å². The van der Waals surface area contributed by atoms with Crippen molar-refractivity contribution in [1.29, 1.82) is 0 Å². The van der Waals surface area contributed by atoms with Crippen LogP contribution in [0.15, 0.2) is 27.1 Å². The predicted molar refractivity (Wildman–Crippen MR) is 68.9 cm³/mol. The van der Waals surface area contributed by atoms with Gasteiger partial charge in [-0.2, -0.15) is 0 Å². The Bertz CT molecular complexity index is 307. The van der Waals surface area contributed by atoms with Gasteiger partial charge in [0.15, 0.2) is 0 Å². The van der Waals surface area contributed by atoms with Crippen molar-refractivity contribution in [2.45, 2.75) is 0 Å². The maximum atomic E-state index is 5.50. The number of benzene rings is 1. The van der Waals surface area contributed by atoms with Gasteiger partial charge in [-0.1, -0.05) is 15.9 Å². The van der Waals surface area contributed by atoms with Crippen molar-refractivity contribution in [2.24, 2.45) is 0 Å². The predicted octanol–water partition coefficient (Wildman–Crippen LogP) is 3.85. The molecule has 5 heteroatoms. The molecule has 1 aromatic rings. The summed E-state index contributed by atoms with van der Waals surface area (Å²) >= 11 is 12.2. The van der Waals surface area contributed by atoms with E-state index < -0.39 is 0 Å². The van der Waals surface area contributed by atoms with Crippen LogP contribution >= 0.6 is 43.5 Å². The molecule has 0 saturated carbocycles. The van der Waals surface area contributed by atoms with E-state index >= 15 is 0 Å². The summed E-state index contributed by atoms with van der Waals surface area (Å²) in [6, 6.07) is 5.77. The maximum absolute atomic E-state index is 5.50. The molecule has 0 aliphatic rings. The number of halogens is 3. The van der Waals surface area contributed by atoms with Crippen molar-refractivity contribution >= 4 is 43.5 Å². The summed E-state index contributed by atoms with van der Waals surface area (Å²) in [4.78, 5) is 0. The second-order valence-corrected chi connectivity index (χ2v) is 4.87. The van der Waals surface area contributed by atoms with Gasteiger partial charge in [0, 0.05) is 10.4 Å². The minimum Gasteiger partial charge on any atom is -0.490 e. The van der Waals surface area contributed by atoms with Crippen molar-refractivity contribution in [3.05, 3.63) is 27.1 Å². The Morgan fingerprint density at radius 2 is 1.93 bits per heavy atom. The topological polar surface area (TPSA) is 18.5 Å². The molecule has 0 spiro atoms. The summed E-state index contributed by atoms with van der Waals surface area (Å²) in [6.45, 7) is 1.64. The van der Waals surface area contributed by atoms with E-state index in [1.165, 1.54) is 0 Å². The monoisotopic (exact) mass is 356 g/mol. The number of rotatable bonds is 6. The normalized spacial score (nSPS) is 10.3. The molecule has 0 atom stereocenters. The molecule has 0 aromatic heterocycles. The van der Waals surface area contributed by atoms with Gasteiger partial charge in [-0.3, -0.25) is 0 Å². The second kappa shape index (κ2) is 7.49. The number of hydrogen-bond donors (Lipinski definition) is 0. The van der Waals surface area contributed by atoms with Crippen LogP contribution in [-0.2, 0) is 4.74 Å². The molecule has 1 aromatic carbocycles. The van der Waals surface area contributed by atoms with Gasteiger partial charge in [0.05, 0.1) is 17.7 Å². The molecule has 84 valence electrons. The molecule has 0 fully saturated rings. The van der Waals surface area contributed by atoms with Crippen LogP contribution in [0.25, 0.3) is 0 Å². The summed E-state index contributed by atoms with van der Waals surface area (Å²) in [5, 5.41) is 0. The van der Waals surface area contributed by atoms with Crippen LogP contribution < -0.4 is 4.74 Å². The zero-order valence-corrected chi connectivity index (χ0v) is 11.9. The van der Waals surface area contributed by atoms with Crippen LogP contribution in [-0.4, -0.2) is 25.7 Å². The van der Waals surface area contributed by atoms with E-state index in [0.29, 0.717) is 25.7 Å². The molecule has 0 saturated heterocycles. The molecule has 0 heterocycles. The standard InChI is InChI=1S/C10H11Br2ClO2/c11-8-1-2-10(9(12)7-8)15-6-5-14-4-3-13/h1-2,7H,3-6H2. The van der Waals surface area contributed by atoms with Gasteiger partial charge in [0.25, 0.3) is 0 Å². The fourth-order valence-corrected chi connectivity index (χ4v) is 2.23. The lowest BCUT2D eigenvalue weighted by Gasteiger charge is -2.08. The van der Waals surface area contributed by atoms with Gasteiger partial charge in [-0.15, -0.1) is 11.6 Å². The van der Waals surface area contributed by atoms with E-state index in [1.54, 1.807) is 0 Å². The molecule has 0 bridgehead atoms. The Morgan fingerprint density at radius 1 is 1.13 bits per heavy atom. The lowest BCUT2D eigenvalue weighted by atomic mass is 10.3. The van der Waals surface area contributed by atoms with E-state index in [1.807, 2.05) is 18.2 Å². The number of ether oxygens (including phenoxy) is 2. The Balaban J connectivity index is 2.31. The molecular formula is C10H11Br2ClO2. The van der Waals surface area contributed by atoms with Crippen molar-refractivity contribution in [3.8, 4) is 5.75 Å². The molecule has 0 radical (unpaired) electrons. The van der Waals surface area contributed by atoms with Crippen molar-refractivity contribution in [2.75, 3.05) is 25.7 Å². The lowest BCUT2D eigenvalue weighted by Crippen LogP contribution is -2.08. The first-order chi connectivity index (χ1) is 7.24. The van der Waals surface area contributed by atoms with E-state index in [4.69, 9.17) is 21.1 Å². The van der Waals surface area contributed by atoms with Crippen LogP contribution in [0.1, 0.15) is 0 Å². The zero-order chi connectivity index (χ0) is 11.1. The van der Waals surface area contributed by atoms with Gasteiger partial charge >= 0.3 is 0 Å². The smallest absolute Gasteiger partial charge is 0.133 e. The molecule has 0 amide bonds. The molecular weight excluding hydrogens is 347 g/mol. The minimum atomic E-state index is 0.516. The SMILES string of the molecule is ClCCOCCOc1ccc(Br)cc1Br. The largest absolute Gasteiger partial charge is 0.490 e. The van der Waals surface area contributed by atoms with E-state index in [9.17, 15) is 0 Å². The van der Waals surface area contributed by atoms with Gasteiger partial charge < -0.3 is 9.47 Å². The van der Waals surface area contributed by atoms with Crippen LogP contribution in [0.3, 0.4) is 0 Å². The Labute approximate surface area is 111 Å². The summed E-state index contributed by atoms with van der Waals surface area (Å²) in [5.41, 5.74) is 0. The summed E-state index contributed by atoms with van der Waals surface area (Å²) < 4.78 is 12.6. The van der Waals surface area contributed by atoms with E-state index in [0.717, 1.165) is 14.7 Å².